The maximum Gasteiger partial charge on any atom is 0.235 e. The van der Waals surface area contributed by atoms with Crippen LogP contribution in [0.15, 0.2) is 41.4 Å². The van der Waals surface area contributed by atoms with Crippen molar-refractivity contribution in [3.05, 3.63) is 48.0 Å². The highest BCUT2D eigenvalue weighted by molar-refractivity contribution is 8.00. The van der Waals surface area contributed by atoms with Gasteiger partial charge >= 0.3 is 0 Å². The number of benzene rings is 1. The number of hydrogen-bond acceptors (Lipinski definition) is 7. The first-order valence-electron chi connectivity index (χ1n) is 11.6. The Labute approximate surface area is 202 Å². The number of hydrogen-bond donors (Lipinski definition) is 2. The first kappa shape index (κ1) is 22.9. The molecule has 1 fully saturated rings. The molecule has 9 heteroatoms. The van der Waals surface area contributed by atoms with E-state index in [1.165, 1.54) is 18.0 Å². The topological polar surface area (TPSA) is 79.4 Å². The molecular formula is C25H28FN5O2S. The maximum absolute atomic E-state index is 14.8. The van der Waals surface area contributed by atoms with Crippen molar-refractivity contribution in [3.8, 4) is 5.75 Å². The number of nitrogens with zero attached hydrogens (tertiary/aromatic N) is 3. The zero-order valence-corrected chi connectivity index (χ0v) is 20.0. The molecular weight excluding hydrogens is 453 g/mol. The molecule has 7 nitrogen and oxygen atoms in total. The summed E-state index contributed by atoms with van der Waals surface area (Å²) in [6.45, 7) is 3.21. The maximum atomic E-state index is 14.8. The van der Waals surface area contributed by atoms with Crippen LogP contribution in [0, 0.1) is 11.7 Å². The summed E-state index contributed by atoms with van der Waals surface area (Å²) in [6.07, 6.45) is 4.43. The standard InChI is InChI=1S/C25H28FN5O2S/c1-33-18-3-4-21-19(12-18)24(20(26)14-28-21)31-10-7-16(8-11-31)6-9-27-13-17-2-5-22-25(29-17)30-23(32)15-34-22/h2-5,12,14,16,27H,6-11,13,15H2,1H3,(H,29,30,32). The summed E-state index contributed by atoms with van der Waals surface area (Å²) in [4.78, 5) is 23.5. The highest BCUT2D eigenvalue weighted by atomic mass is 32.2. The normalized spacial score (nSPS) is 16.4. The lowest BCUT2D eigenvalue weighted by atomic mass is 9.93. The Balaban J connectivity index is 1.13. The number of carbonyl (C=O) groups excluding carboxylic acids is 1. The largest absolute Gasteiger partial charge is 0.497 e. The van der Waals surface area contributed by atoms with Crippen molar-refractivity contribution in [2.24, 2.45) is 5.92 Å². The number of nitrogens with one attached hydrogen (secondary N) is 2. The molecule has 0 aliphatic carbocycles. The number of carbonyl (C=O) groups is 1. The van der Waals surface area contributed by atoms with E-state index < -0.39 is 0 Å². The number of anilines is 2. The summed E-state index contributed by atoms with van der Waals surface area (Å²) < 4.78 is 20.1. The molecule has 2 aliphatic heterocycles. The Morgan fingerprint density at radius 1 is 1.26 bits per heavy atom. The average Bonchev–Trinajstić information content (AvgIpc) is 2.86. The molecule has 0 saturated carbocycles. The van der Waals surface area contributed by atoms with Crippen LogP contribution in [0.5, 0.6) is 5.75 Å². The van der Waals surface area contributed by atoms with Gasteiger partial charge in [-0.3, -0.25) is 9.78 Å². The van der Waals surface area contributed by atoms with Gasteiger partial charge in [0.2, 0.25) is 5.91 Å². The Bertz CT molecular complexity index is 1200. The zero-order valence-electron chi connectivity index (χ0n) is 19.1. The second-order valence-corrected chi connectivity index (χ2v) is 9.74. The number of thioether (sulfide) groups is 1. The van der Waals surface area contributed by atoms with Crippen molar-refractivity contribution in [2.45, 2.75) is 30.7 Å². The van der Waals surface area contributed by atoms with Crippen LogP contribution in [0.2, 0.25) is 0 Å². The fourth-order valence-electron chi connectivity index (χ4n) is 4.65. The minimum Gasteiger partial charge on any atom is -0.497 e. The molecule has 1 aromatic carbocycles. The van der Waals surface area contributed by atoms with E-state index in [1.807, 2.05) is 30.3 Å². The Morgan fingerprint density at radius 2 is 2.12 bits per heavy atom. The van der Waals surface area contributed by atoms with Crippen LogP contribution >= 0.6 is 11.8 Å². The first-order chi connectivity index (χ1) is 16.6. The highest BCUT2D eigenvalue weighted by Crippen LogP contribution is 2.34. The molecule has 0 spiro atoms. The molecule has 3 aromatic rings. The van der Waals surface area contributed by atoms with E-state index in [9.17, 15) is 9.18 Å². The monoisotopic (exact) mass is 481 g/mol. The molecule has 2 aromatic heterocycles. The minimum atomic E-state index is -0.284. The summed E-state index contributed by atoms with van der Waals surface area (Å²) >= 11 is 1.52. The summed E-state index contributed by atoms with van der Waals surface area (Å²) in [6, 6.07) is 9.63. The molecule has 5 rings (SSSR count). The third-order valence-electron chi connectivity index (χ3n) is 6.50. The van der Waals surface area contributed by atoms with E-state index >= 15 is 0 Å². The number of halogens is 1. The van der Waals surface area contributed by atoms with E-state index in [4.69, 9.17) is 4.74 Å². The number of piperidine rings is 1. The van der Waals surface area contributed by atoms with Crippen molar-refractivity contribution in [1.82, 2.24) is 15.3 Å². The highest BCUT2D eigenvalue weighted by Gasteiger charge is 2.23. The smallest absolute Gasteiger partial charge is 0.235 e. The van der Waals surface area contributed by atoms with E-state index in [2.05, 4.69) is 25.5 Å². The third-order valence-corrected chi connectivity index (χ3v) is 7.55. The van der Waals surface area contributed by atoms with Gasteiger partial charge in [0.05, 0.1) is 40.9 Å². The number of pyridine rings is 2. The van der Waals surface area contributed by atoms with Crippen molar-refractivity contribution in [1.29, 1.82) is 0 Å². The molecule has 0 unspecified atom stereocenters. The molecule has 2 N–H and O–H groups in total. The minimum absolute atomic E-state index is 0.000216. The molecule has 0 radical (unpaired) electrons. The van der Waals surface area contributed by atoms with Crippen molar-refractivity contribution < 1.29 is 13.9 Å². The van der Waals surface area contributed by atoms with E-state index in [0.717, 1.165) is 60.4 Å². The molecule has 2 aliphatic rings. The molecule has 34 heavy (non-hydrogen) atoms. The van der Waals surface area contributed by atoms with Gasteiger partial charge in [-0.25, -0.2) is 9.37 Å². The van der Waals surface area contributed by atoms with Gasteiger partial charge in [-0.05, 0) is 62.1 Å². The summed E-state index contributed by atoms with van der Waals surface area (Å²) in [5.41, 5.74) is 2.33. The van der Waals surface area contributed by atoms with Crippen molar-refractivity contribution >= 4 is 40.1 Å². The lowest BCUT2D eigenvalue weighted by molar-refractivity contribution is -0.113. The van der Waals surface area contributed by atoms with Crippen molar-refractivity contribution in [3.63, 3.8) is 0 Å². The second-order valence-electron chi connectivity index (χ2n) is 8.72. The van der Waals surface area contributed by atoms with Crippen LogP contribution < -0.4 is 20.3 Å². The van der Waals surface area contributed by atoms with Crippen LogP contribution in [-0.4, -0.2) is 48.4 Å². The lowest BCUT2D eigenvalue weighted by Gasteiger charge is -2.34. The van der Waals surface area contributed by atoms with Gasteiger partial charge in [-0.2, -0.15) is 0 Å². The van der Waals surface area contributed by atoms with Gasteiger partial charge in [0.1, 0.15) is 11.6 Å². The molecule has 0 bridgehead atoms. The van der Waals surface area contributed by atoms with Crippen molar-refractivity contribution in [2.75, 3.05) is 42.7 Å². The van der Waals surface area contributed by atoms with Gasteiger partial charge in [-0.15, -0.1) is 11.8 Å². The first-order valence-corrected chi connectivity index (χ1v) is 12.6. The number of amides is 1. The average molecular weight is 482 g/mol. The Kier molecular flexibility index (Phi) is 6.82. The van der Waals surface area contributed by atoms with Crippen LogP contribution in [0.25, 0.3) is 10.9 Å². The molecule has 4 heterocycles. The van der Waals surface area contributed by atoms with Gasteiger partial charge < -0.3 is 20.3 Å². The quantitative estimate of drug-likeness (QED) is 0.489. The van der Waals surface area contributed by atoms with E-state index in [-0.39, 0.29) is 11.7 Å². The summed E-state index contributed by atoms with van der Waals surface area (Å²) in [5, 5.41) is 7.12. The number of aromatic nitrogens is 2. The third kappa shape index (κ3) is 4.95. The molecule has 1 amide bonds. The number of rotatable bonds is 7. The summed E-state index contributed by atoms with van der Waals surface area (Å²) in [5.74, 6) is 2.14. The van der Waals surface area contributed by atoms with Gasteiger partial charge in [-0.1, -0.05) is 0 Å². The van der Waals surface area contributed by atoms with E-state index in [1.54, 1.807) is 7.11 Å². The predicted molar refractivity (Wildman–Crippen MR) is 133 cm³/mol. The fourth-order valence-corrected chi connectivity index (χ4v) is 5.41. The predicted octanol–water partition coefficient (Wildman–Crippen LogP) is 4.22. The van der Waals surface area contributed by atoms with E-state index in [0.29, 0.717) is 35.5 Å². The Hall–Kier alpha value is -2.91. The fraction of sp³-hybridized carbons (Fsp3) is 0.400. The van der Waals surface area contributed by atoms with Crippen LogP contribution in [0.3, 0.4) is 0 Å². The van der Waals surface area contributed by atoms with Crippen LogP contribution in [0.1, 0.15) is 25.0 Å². The number of ether oxygens (including phenoxy) is 1. The Morgan fingerprint density at radius 3 is 2.94 bits per heavy atom. The summed E-state index contributed by atoms with van der Waals surface area (Å²) in [7, 11) is 1.62. The SMILES string of the molecule is COc1ccc2ncc(F)c(N3CCC(CCNCc4ccc5c(n4)NC(=O)CS5)CC3)c2c1. The molecule has 178 valence electrons. The number of methoxy groups -OCH3 is 1. The van der Waals surface area contributed by atoms with Gasteiger partial charge in [0.25, 0.3) is 0 Å². The van der Waals surface area contributed by atoms with Crippen LogP contribution in [-0.2, 0) is 11.3 Å². The lowest BCUT2D eigenvalue weighted by Crippen LogP contribution is -2.35. The molecule has 0 atom stereocenters. The second kappa shape index (κ2) is 10.1. The van der Waals surface area contributed by atoms with Gasteiger partial charge in [0.15, 0.2) is 5.82 Å². The molecule has 1 saturated heterocycles. The van der Waals surface area contributed by atoms with Gasteiger partial charge in [0, 0.05) is 25.0 Å². The zero-order chi connectivity index (χ0) is 23.5. The van der Waals surface area contributed by atoms with Crippen LogP contribution in [0.4, 0.5) is 15.9 Å². The number of fused-ring (bicyclic) bond motifs is 2.